The van der Waals surface area contributed by atoms with Crippen LogP contribution in [0.2, 0.25) is 0 Å². The van der Waals surface area contributed by atoms with Gasteiger partial charge in [-0.15, -0.1) is 0 Å². The fourth-order valence-corrected chi connectivity index (χ4v) is 0.751. The summed E-state index contributed by atoms with van der Waals surface area (Å²) in [5.41, 5.74) is 0. The summed E-state index contributed by atoms with van der Waals surface area (Å²) < 4.78 is 30.2. The van der Waals surface area contributed by atoms with Crippen LogP contribution in [-0.4, -0.2) is 0 Å². The highest BCUT2D eigenvalue weighted by molar-refractivity contribution is 5.26. The molecule has 3 heteroatoms. The van der Waals surface area contributed by atoms with Crippen molar-refractivity contribution < 1.29 is 13.5 Å². The third kappa shape index (κ3) is 1.81. The van der Waals surface area contributed by atoms with E-state index >= 15 is 0 Å². The Morgan fingerprint density at radius 3 is 2.67 bits per heavy atom. The molecule has 1 rings (SSSR count). The van der Waals surface area contributed by atoms with Gasteiger partial charge >= 0.3 is 0 Å². The molecule has 0 bridgehead atoms. The zero-order valence-electron chi connectivity index (χ0n) is 6.60. The second-order valence-corrected chi connectivity index (χ2v) is 2.36. The van der Waals surface area contributed by atoms with E-state index < -0.39 is 11.6 Å². The van der Waals surface area contributed by atoms with Gasteiger partial charge in [0.1, 0.15) is 0 Å². The maximum absolute atomic E-state index is 12.8. The fourth-order valence-electron chi connectivity index (χ4n) is 0.751. The smallest absolute Gasteiger partial charge is 0.201 e. The Labute approximate surface area is 69.3 Å². The Kier molecular flexibility index (Phi) is 2.43. The van der Waals surface area contributed by atoms with E-state index in [0.29, 0.717) is 5.76 Å². The van der Waals surface area contributed by atoms with Gasteiger partial charge in [-0.05, 0) is 19.1 Å². The van der Waals surface area contributed by atoms with Crippen molar-refractivity contribution in [3.8, 4) is 5.75 Å². The molecule has 0 fully saturated rings. The molecule has 0 atom stereocenters. The molecule has 12 heavy (non-hydrogen) atoms. The van der Waals surface area contributed by atoms with E-state index in [0.717, 1.165) is 6.07 Å². The minimum Gasteiger partial charge on any atom is -0.459 e. The van der Waals surface area contributed by atoms with Gasteiger partial charge in [0, 0.05) is 0 Å². The number of hydrogen-bond donors (Lipinski definition) is 0. The molecule has 0 saturated carbocycles. The molecule has 0 unspecified atom stereocenters. The Morgan fingerprint density at radius 1 is 1.42 bits per heavy atom. The molecule has 0 aliphatic heterocycles. The lowest BCUT2D eigenvalue weighted by molar-refractivity contribution is 0.384. The zero-order chi connectivity index (χ0) is 9.14. The van der Waals surface area contributed by atoms with Crippen LogP contribution in [0.4, 0.5) is 8.78 Å². The summed E-state index contributed by atoms with van der Waals surface area (Å²) in [6, 6.07) is 3.74. The Bertz CT molecular complexity index is 307. The maximum atomic E-state index is 12.8. The number of hydrogen-bond acceptors (Lipinski definition) is 1. The maximum Gasteiger partial charge on any atom is 0.201 e. The van der Waals surface area contributed by atoms with Crippen LogP contribution in [0.3, 0.4) is 0 Å². The normalized spacial score (nSPS) is 9.58. The molecule has 0 aliphatic carbocycles. The minimum atomic E-state index is -0.986. The number of benzene rings is 1. The van der Waals surface area contributed by atoms with Crippen LogP contribution in [0.25, 0.3) is 0 Å². The second-order valence-electron chi connectivity index (χ2n) is 2.36. The first-order valence-electron chi connectivity index (χ1n) is 3.38. The molecule has 0 aromatic heterocycles. The third-order valence-corrected chi connectivity index (χ3v) is 1.20. The molecule has 0 aliphatic rings. The lowest BCUT2D eigenvalue weighted by Crippen LogP contribution is -1.93. The topological polar surface area (TPSA) is 9.23 Å². The van der Waals surface area contributed by atoms with Crippen molar-refractivity contribution in [2.24, 2.45) is 0 Å². The van der Waals surface area contributed by atoms with Gasteiger partial charge in [-0.2, -0.15) is 4.39 Å². The molecule has 1 aromatic rings. The van der Waals surface area contributed by atoms with Crippen LogP contribution < -0.4 is 4.74 Å². The molecular formula is C9H8F2O. The standard InChI is InChI=1S/C9H8F2O/c1-6(2)12-8-5-3-4-7(10)9(8)11/h3-5H,1H2,2H3. The quantitative estimate of drug-likeness (QED) is 0.620. The number of allylic oxidation sites excluding steroid dienone is 1. The summed E-state index contributed by atoms with van der Waals surface area (Å²) in [7, 11) is 0. The van der Waals surface area contributed by atoms with E-state index in [-0.39, 0.29) is 5.75 Å². The second kappa shape index (κ2) is 3.34. The zero-order valence-corrected chi connectivity index (χ0v) is 6.60. The summed E-state index contributed by atoms with van der Waals surface area (Å²) in [5.74, 6) is -1.73. The summed E-state index contributed by atoms with van der Waals surface area (Å²) in [5, 5.41) is 0. The van der Waals surface area contributed by atoms with Crippen LogP contribution in [0.5, 0.6) is 5.75 Å². The van der Waals surface area contributed by atoms with Gasteiger partial charge in [-0.25, -0.2) is 4.39 Å². The average molecular weight is 170 g/mol. The van der Waals surface area contributed by atoms with Crippen molar-refractivity contribution in [3.63, 3.8) is 0 Å². The fraction of sp³-hybridized carbons (Fsp3) is 0.111. The first kappa shape index (κ1) is 8.71. The van der Waals surface area contributed by atoms with E-state index in [1.54, 1.807) is 6.92 Å². The van der Waals surface area contributed by atoms with Gasteiger partial charge in [0.25, 0.3) is 0 Å². The Morgan fingerprint density at radius 2 is 2.08 bits per heavy atom. The van der Waals surface area contributed by atoms with Crippen LogP contribution in [0.15, 0.2) is 30.5 Å². The number of ether oxygens (including phenoxy) is 1. The van der Waals surface area contributed by atoms with Crippen LogP contribution in [0.1, 0.15) is 6.92 Å². The molecule has 1 nitrogen and oxygen atoms in total. The van der Waals surface area contributed by atoms with Crippen molar-refractivity contribution in [3.05, 3.63) is 42.2 Å². The van der Waals surface area contributed by atoms with Crippen LogP contribution >= 0.6 is 0 Å². The third-order valence-electron chi connectivity index (χ3n) is 1.20. The highest BCUT2D eigenvalue weighted by atomic mass is 19.2. The monoisotopic (exact) mass is 170 g/mol. The van der Waals surface area contributed by atoms with Crippen molar-refractivity contribution in [2.45, 2.75) is 6.92 Å². The number of rotatable bonds is 2. The van der Waals surface area contributed by atoms with Gasteiger partial charge in [0.15, 0.2) is 11.6 Å². The summed E-state index contributed by atoms with van der Waals surface area (Å²) >= 11 is 0. The molecule has 1 aromatic carbocycles. The average Bonchev–Trinajstić information content (AvgIpc) is 1.98. The highest BCUT2D eigenvalue weighted by Gasteiger charge is 2.07. The SMILES string of the molecule is C=C(C)Oc1cccc(F)c1F. The minimum absolute atomic E-state index is 0.137. The molecule has 64 valence electrons. The molecule has 0 N–H and O–H groups in total. The van der Waals surface area contributed by atoms with Crippen LogP contribution in [0, 0.1) is 11.6 Å². The van der Waals surface area contributed by atoms with E-state index in [2.05, 4.69) is 6.58 Å². The van der Waals surface area contributed by atoms with E-state index in [1.807, 2.05) is 0 Å². The van der Waals surface area contributed by atoms with Gasteiger partial charge in [0.05, 0.1) is 5.76 Å². The molecule has 0 saturated heterocycles. The summed E-state index contributed by atoms with van der Waals surface area (Å²) in [6.07, 6.45) is 0. The largest absolute Gasteiger partial charge is 0.459 e. The molecule has 0 heterocycles. The Balaban J connectivity index is 3.00. The lowest BCUT2D eigenvalue weighted by atomic mass is 10.3. The molecule has 0 spiro atoms. The van der Waals surface area contributed by atoms with E-state index in [9.17, 15) is 8.78 Å². The van der Waals surface area contributed by atoms with E-state index in [1.165, 1.54) is 12.1 Å². The van der Waals surface area contributed by atoms with Gasteiger partial charge < -0.3 is 4.74 Å². The van der Waals surface area contributed by atoms with Crippen molar-refractivity contribution in [1.29, 1.82) is 0 Å². The summed E-state index contributed by atoms with van der Waals surface area (Å²) in [6.45, 7) is 4.97. The predicted octanol–water partition coefficient (Wildman–Crippen LogP) is 2.88. The van der Waals surface area contributed by atoms with Crippen molar-refractivity contribution >= 4 is 0 Å². The molecule has 0 amide bonds. The molecular weight excluding hydrogens is 162 g/mol. The highest BCUT2D eigenvalue weighted by Crippen LogP contribution is 2.20. The van der Waals surface area contributed by atoms with Crippen molar-refractivity contribution in [2.75, 3.05) is 0 Å². The Hall–Kier alpha value is -1.38. The lowest BCUT2D eigenvalue weighted by Gasteiger charge is -2.04. The first-order valence-corrected chi connectivity index (χ1v) is 3.38. The van der Waals surface area contributed by atoms with Gasteiger partial charge in [0.2, 0.25) is 5.82 Å². The van der Waals surface area contributed by atoms with Crippen molar-refractivity contribution in [1.82, 2.24) is 0 Å². The summed E-state index contributed by atoms with van der Waals surface area (Å²) in [4.78, 5) is 0. The van der Waals surface area contributed by atoms with Gasteiger partial charge in [-0.1, -0.05) is 12.6 Å². The predicted molar refractivity (Wildman–Crippen MR) is 41.8 cm³/mol. The van der Waals surface area contributed by atoms with Gasteiger partial charge in [-0.3, -0.25) is 0 Å². The number of halogens is 2. The van der Waals surface area contributed by atoms with Crippen LogP contribution in [-0.2, 0) is 0 Å². The first-order chi connectivity index (χ1) is 5.61. The van der Waals surface area contributed by atoms with E-state index in [4.69, 9.17) is 4.74 Å². The molecule has 0 radical (unpaired) electrons.